The Hall–Kier alpha value is -1.59. The molecule has 2 atom stereocenters. The maximum absolute atomic E-state index is 12.3. The normalized spacial score (nSPS) is 24.2. The number of hydrogen-bond donors (Lipinski definition) is 1. The van der Waals surface area contributed by atoms with E-state index in [-0.39, 0.29) is 30.3 Å². The van der Waals surface area contributed by atoms with Crippen LogP contribution in [-0.2, 0) is 14.3 Å². The molecule has 23 heavy (non-hydrogen) atoms. The van der Waals surface area contributed by atoms with E-state index in [1.165, 1.54) is 0 Å². The third-order valence-electron chi connectivity index (χ3n) is 4.41. The van der Waals surface area contributed by atoms with E-state index in [0.717, 1.165) is 31.6 Å². The van der Waals surface area contributed by atoms with Crippen molar-refractivity contribution in [3.05, 3.63) is 29.3 Å². The molecule has 2 heterocycles. The van der Waals surface area contributed by atoms with Gasteiger partial charge >= 0.3 is 0 Å². The number of ether oxygens (including phenoxy) is 1. The molecule has 2 aliphatic rings. The standard InChI is InChI=1S/C17H21ClN2O3/c18-13-3-1-4-14(10-13)20-11-12(9-16(20)21)17(22)19-7-6-15-5-2-8-23-15/h1,3-4,10,12,15H,2,5-9,11H2,(H,19,22). The van der Waals surface area contributed by atoms with Gasteiger partial charge in [0.25, 0.3) is 0 Å². The average Bonchev–Trinajstić information content (AvgIpc) is 3.16. The minimum absolute atomic E-state index is 0.0356. The van der Waals surface area contributed by atoms with Gasteiger partial charge in [0.15, 0.2) is 0 Å². The van der Waals surface area contributed by atoms with Crippen LogP contribution in [0.25, 0.3) is 0 Å². The molecule has 1 aromatic carbocycles. The summed E-state index contributed by atoms with van der Waals surface area (Å²) in [5.74, 6) is -0.390. The molecule has 124 valence electrons. The molecular formula is C17H21ClN2O3. The molecule has 0 saturated carbocycles. The van der Waals surface area contributed by atoms with Gasteiger partial charge in [-0.2, -0.15) is 0 Å². The van der Waals surface area contributed by atoms with Gasteiger partial charge in [-0.15, -0.1) is 0 Å². The van der Waals surface area contributed by atoms with E-state index in [2.05, 4.69) is 5.32 Å². The molecule has 2 unspecified atom stereocenters. The number of rotatable bonds is 5. The number of halogens is 1. The highest BCUT2D eigenvalue weighted by Gasteiger charge is 2.35. The van der Waals surface area contributed by atoms with Crippen LogP contribution in [0.1, 0.15) is 25.7 Å². The molecule has 2 amide bonds. The van der Waals surface area contributed by atoms with Crippen molar-refractivity contribution in [1.29, 1.82) is 0 Å². The zero-order valence-electron chi connectivity index (χ0n) is 13.0. The third kappa shape index (κ3) is 4.03. The van der Waals surface area contributed by atoms with E-state index in [9.17, 15) is 9.59 Å². The van der Waals surface area contributed by atoms with Gasteiger partial charge in [0.1, 0.15) is 0 Å². The van der Waals surface area contributed by atoms with Crippen molar-refractivity contribution < 1.29 is 14.3 Å². The van der Waals surface area contributed by atoms with E-state index >= 15 is 0 Å². The zero-order chi connectivity index (χ0) is 16.2. The lowest BCUT2D eigenvalue weighted by molar-refractivity contribution is -0.126. The number of carbonyl (C=O) groups is 2. The Labute approximate surface area is 140 Å². The van der Waals surface area contributed by atoms with E-state index in [0.29, 0.717) is 18.1 Å². The lowest BCUT2D eigenvalue weighted by Gasteiger charge is -2.17. The van der Waals surface area contributed by atoms with Crippen molar-refractivity contribution in [2.45, 2.75) is 31.8 Å². The SMILES string of the molecule is O=C(NCCC1CCCO1)C1CC(=O)N(c2cccc(Cl)c2)C1. The monoisotopic (exact) mass is 336 g/mol. The van der Waals surface area contributed by atoms with E-state index in [1.807, 2.05) is 6.07 Å². The lowest BCUT2D eigenvalue weighted by Crippen LogP contribution is -2.34. The second-order valence-corrected chi connectivity index (χ2v) is 6.54. The van der Waals surface area contributed by atoms with Crippen molar-refractivity contribution in [2.24, 2.45) is 5.92 Å². The molecule has 1 N–H and O–H groups in total. The first kappa shape index (κ1) is 16.3. The molecule has 6 heteroatoms. The molecule has 2 aliphatic heterocycles. The van der Waals surface area contributed by atoms with Gasteiger partial charge in [-0.1, -0.05) is 17.7 Å². The molecule has 3 rings (SSSR count). The lowest BCUT2D eigenvalue weighted by atomic mass is 10.1. The Morgan fingerprint density at radius 3 is 3.04 bits per heavy atom. The highest BCUT2D eigenvalue weighted by molar-refractivity contribution is 6.30. The quantitative estimate of drug-likeness (QED) is 0.898. The fourth-order valence-corrected chi connectivity index (χ4v) is 3.33. The molecular weight excluding hydrogens is 316 g/mol. The molecule has 0 bridgehead atoms. The first-order valence-electron chi connectivity index (χ1n) is 8.09. The summed E-state index contributed by atoms with van der Waals surface area (Å²) >= 11 is 5.97. The van der Waals surface area contributed by atoms with Gasteiger partial charge in [-0.05, 0) is 37.5 Å². The Kier molecular flexibility index (Phi) is 5.18. The van der Waals surface area contributed by atoms with Crippen molar-refractivity contribution in [1.82, 2.24) is 5.32 Å². The Morgan fingerprint density at radius 2 is 2.30 bits per heavy atom. The van der Waals surface area contributed by atoms with Crippen LogP contribution >= 0.6 is 11.6 Å². The minimum atomic E-state index is -0.300. The van der Waals surface area contributed by atoms with Crippen LogP contribution in [0.15, 0.2) is 24.3 Å². The second-order valence-electron chi connectivity index (χ2n) is 6.10. The van der Waals surface area contributed by atoms with Crippen LogP contribution in [-0.4, -0.2) is 37.6 Å². The van der Waals surface area contributed by atoms with Gasteiger partial charge in [0.2, 0.25) is 11.8 Å². The van der Waals surface area contributed by atoms with Crippen molar-refractivity contribution >= 4 is 29.1 Å². The molecule has 0 aliphatic carbocycles. The maximum atomic E-state index is 12.3. The van der Waals surface area contributed by atoms with Gasteiger partial charge < -0.3 is 15.0 Å². The molecule has 0 radical (unpaired) electrons. The smallest absolute Gasteiger partial charge is 0.227 e. The zero-order valence-corrected chi connectivity index (χ0v) is 13.7. The predicted octanol–water partition coefficient (Wildman–Crippen LogP) is 2.38. The van der Waals surface area contributed by atoms with E-state index in [4.69, 9.17) is 16.3 Å². The Balaban J connectivity index is 1.51. The van der Waals surface area contributed by atoms with E-state index < -0.39 is 0 Å². The first-order chi connectivity index (χ1) is 11.1. The fraction of sp³-hybridized carbons (Fsp3) is 0.529. The van der Waals surface area contributed by atoms with Crippen molar-refractivity contribution in [3.63, 3.8) is 0 Å². The molecule has 5 nitrogen and oxygen atoms in total. The number of nitrogens with one attached hydrogen (secondary N) is 1. The van der Waals surface area contributed by atoms with Crippen LogP contribution in [0, 0.1) is 5.92 Å². The van der Waals surface area contributed by atoms with Crippen LogP contribution in [0.3, 0.4) is 0 Å². The summed E-state index contributed by atoms with van der Waals surface area (Å²) in [6.45, 7) is 1.83. The summed E-state index contributed by atoms with van der Waals surface area (Å²) in [6.07, 6.45) is 3.52. The molecule has 2 saturated heterocycles. The van der Waals surface area contributed by atoms with Gasteiger partial charge in [-0.3, -0.25) is 9.59 Å². The number of benzene rings is 1. The number of amides is 2. The second kappa shape index (κ2) is 7.32. The molecule has 0 spiro atoms. The Morgan fingerprint density at radius 1 is 1.43 bits per heavy atom. The summed E-state index contributed by atoms with van der Waals surface area (Å²) in [5, 5.41) is 3.51. The topological polar surface area (TPSA) is 58.6 Å². The van der Waals surface area contributed by atoms with Crippen LogP contribution in [0.2, 0.25) is 5.02 Å². The number of anilines is 1. The van der Waals surface area contributed by atoms with Gasteiger partial charge in [-0.25, -0.2) is 0 Å². The largest absolute Gasteiger partial charge is 0.378 e. The van der Waals surface area contributed by atoms with Crippen LogP contribution in [0.4, 0.5) is 5.69 Å². The fourth-order valence-electron chi connectivity index (χ4n) is 3.15. The van der Waals surface area contributed by atoms with Crippen LogP contribution < -0.4 is 10.2 Å². The molecule has 1 aromatic rings. The number of hydrogen-bond acceptors (Lipinski definition) is 3. The molecule has 0 aromatic heterocycles. The van der Waals surface area contributed by atoms with E-state index in [1.54, 1.807) is 23.1 Å². The highest BCUT2D eigenvalue weighted by Crippen LogP contribution is 2.27. The number of nitrogens with zero attached hydrogens (tertiary/aromatic N) is 1. The molecule has 2 fully saturated rings. The summed E-state index contributed by atoms with van der Waals surface area (Å²) in [5.41, 5.74) is 0.747. The predicted molar refractivity (Wildman–Crippen MR) is 88.5 cm³/mol. The van der Waals surface area contributed by atoms with Crippen LogP contribution in [0.5, 0.6) is 0 Å². The summed E-state index contributed by atoms with van der Waals surface area (Å²) in [6, 6.07) is 7.15. The third-order valence-corrected chi connectivity index (χ3v) is 4.64. The average molecular weight is 337 g/mol. The van der Waals surface area contributed by atoms with Crippen molar-refractivity contribution in [3.8, 4) is 0 Å². The summed E-state index contributed by atoms with van der Waals surface area (Å²) in [7, 11) is 0. The number of carbonyl (C=O) groups excluding carboxylic acids is 2. The first-order valence-corrected chi connectivity index (χ1v) is 8.46. The van der Waals surface area contributed by atoms with Gasteiger partial charge in [0, 0.05) is 36.8 Å². The van der Waals surface area contributed by atoms with Crippen molar-refractivity contribution in [2.75, 3.05) is 24.6 Å². The maximum Gasteiger partial charge on any atom is 0.227 e. The Bertz CT molecular complexity index is 587. The summed E-state index contributed by atoms with van der Waals surface area (Å²) in [4.78, 5) is 26.1. The van der Waals surface area contributed by atoms with Gasteiger partial charge in [0.05, 0.1) is 12.0 Å². The highest BCUT2D eigenvalue weighted by atomic mass is 35.5. The minimum Gasteiger partial charge on any atom is -0.378 e. The summed E-state index contributed by atoms with van der Waals surface area (Å²) < 4.78 is 5.54.